The van der Waals surface area contributed by atoms with E-state index in [1.165, 1.54) is 10.4 Å². The zero-order valence-corrected chi connectivity index (χ0v) is 8.63. The van der Waals surface area contributed by atoms with Crippen molar-refractivity contribution in [3.05, 3.63) is 23.7 Å². The van der Waals surface area contributed by atoms with Crippen LogP contribution in [0.15, 0.2) is 23.7 Å². The Kier molecular flexibility index (Phi) is 1.68. The topological polar surface area (TPSA) is 16.1 Å². The fourth-order valence-electron chi connectivity index (χ4n) is 1.93. The molecule has 3 rings (SSSR count). The first-order valence-electron chi connectivity index (χ1n) is 5.42. The van der Waals surface area contributed by atoms with Crippen LogP contribution in [-0.4, -0.2) is 18.1 Å². The molecule has 0 bridgehead atoms. The van der Waals surface area contributed by atoms with Crippen LogP contribution in [0.4, 0.5) is 5.69 Å². The van der Waals surface area contributed by atoms with Crippen molar-refractivity contribution in [3.8, 4) is 0 Å². The van der Waals surface area contributed by atoms with Crippen LogP contribution >= 0.6 is 11.3 Å². The van der Waals surface area contributed by atoms with Crippen molar-refractivity contribution in [2.75, 3.05) is 18.0 Å². The highest BCUT2D eigenvalue weighted by Crippen LogP contribution is 2.30. The molecule has 0 radical (unpaired) electrons. The van der Waals surface area contributed by atoms with Crippen molar-refractivity contribution < 1.29 is 1.37 Å². The molecule has 0 saturated carbocycles. The number of nitrogens with zero attached hydrogens (tertiary/aromatic N) is 2. The van der Waals surface area contributed by atoms with E-state index in [4.69, 9.17) is 1.37 Å². The molecular weight excluding hydrogens is 192 g/mol. The molecule has 3 heteroatoms. The third-order valence-corrected chi connectivity index (χ3v) is 3.43. The summed E-state index contributed by atoms with van der Waals surface area (Å²) in [6.45, 7) is 1.83. The van der Waals surface area contributed by atoms with E-state index in [0.29, 0.717) is 0 Å². The van der Waals surface area contributed by atoms with Crippen LogP contribution in [0.3, 0.4) is 0 Å². The Morgan fingerprint density at radius 1 is 1.43 bits per heavy atom. The smallest absolute Gasteiger partial charge is 0.104 e. The van der Waals surface area contributed by atoms with Crippen molar-refractivity contribution in [3.63, 3.8) is 0 Å². The first-order valence-corrected chi connectivity index (χ1v) is 5.72. The molecule has 1 aromatic heterocycles. The number of thiazole rings is 1. The van der Waals surface area contributed by atoms with E-state index < -0.39 is 0 Å². The summed E-state index contributed by atoms with van der Waals surface area (Å²) in [4.78, 5) is 6.68. The summed E-state index contributed by atoms with van der Waals surface area (Å²) in [6, 6.07) is 6.29. The highest BCUT2D eigenvalue weighted by atomic mass is 32.1. The Morgan fingerprint density at radius 2 is 2.43 bits per heavy atom. The van der Waals surface area contributed by atoms with Crippen molar-refractivity contribution in [1.29, 1.82) is 0 Å². The lowest BCUT2D eigenvalue weighted by atomic mass is 10.2. The summed E-state index contributed by atoms with van der Waals surface area (Å²) in [5.41, 5.74) is 4.18. The van der Waals surface area contributed by atoms with Gasteiger partial charge >= 0.3 is 0 Å². The van der Waals surface area contributed by atoms with Gasteiger partial charge in [0.25, 0.3) is 0 Å². The first-order chi connectivity index (χ1) is 7.34. The largest absolute Gasteiger partial charge is 0.370 e. The molecule has 0 aliphatic carbocycles. The van der Waals surface area contributed by atoms with E-state index in [1.54, 1.807) is 11.3 Å². The Hall–Kier alpha value is -1.09. The number of benzene rings is 1. The maximum Gasteiger partial charge on any atom is 0.104 e. The molecular formula is C11H12N2S. The molecule has 1 saturated heterocycles. The lowest BCUT2D eigenvalue weighted by molar-refractivity contribution is 0.949. The fourth-order valence-corrected chi connectivity index (χ4v) is 2.63. The van der Waals surface area contributed by atoms with E-state index in [9.17, 15) is 0 Å². The zero-order valence-electron chi connectivity index (χ0n) is 8.81. The van der Waals surface area contributed by atoms with Gasteiger partial charge in [0.05, 0.1) is 15.9 Å². The number of para-hydroxylation sites is 1. The Balaban J connectivity index is 2.06. The Morgan fingerprint density at radius 3 is 3.29 bits per heavy atom. The van der Waals surface area contributed by atoms with E-state index in [0.717, 1.165) is 25.0 Å². The molecule has 14 heavy (non-hydrogen) atoms. The Labute approximate surface area is 88.6 Å². The molecule has 72 valence electrons. The van der Waals surface area contributed by atoms with E-state index in [1.807, 2.05) is 5.51 Å². The van der Waals surface area contributed by atoms with Gasteiger partial charge in [-0.05, 0) is 25.0 Å². The lowest BCUT2D eigenvalue weighted by Gasteiger charge is -2.17. The van der Waals surface area contributed by atoms with Gasteiger partial charge in [0, 0.05) is 14.5 Å². The molecule has 0 unspecified atom stereocenters. The van der Waals surface area contributed by atoms with Crippen LogP contribution in [-0.2, 0) is 0 Å². The SMILES string of the molecule is [2H][C@H]1CCN(c2cccc3scnc23)C1. The van der Waals surface area contributed by atoms with Crippen molar-refractivity contribution in [1.82, 2.24) is 4.98 Å². The fraction of sp³-hybridized carbons (Fsp3) is 0.364. The molecule has 0 spiro atoms. The molecule has 0 N–H and O–H groups in total. The molecule has 1 aliphatic rings. The minimum atomic E-state index is 0.0684. The molecule has 1 aromatic carbocycles. The van der Waals surface area contributed by atoms with Crippen LogP contribution in [0.25, 0.3) is 10.2 Å². The molecule has 1 fully saturated rings. The van der Waals surface area contributed by atoms with Crippen LogP contribution in [0.2, 0.25) is 0 Å². The van der Waals surface area contributed by atoms with E-state index in [2.05, 4.69) is 28.1 Å². The zero-order chi connectivity index (χ0) is 10.3. The number of hydrogen-bond donors (Lipinski definition) is 0. The normalized spacial score (nSPS) is 23.0. The standard InChI is InChI=1S/C11H12N2S/c1-2-7-13(6-1)9-4-3-5-10-11(9)12-8-14-10/h3-5,8H,1-2,6-7H2/i1D/t1-/m0/s1. The number of aromatic nitrogens is 1. The summed E-state index contributed by atoms with van der Waals surface area (Å²) < 4.78 is 8.96. The number of hydrogen-bond acceptors (Lipinski definition) is 3. The second-order valence-electron chi connectivity index (χ2n) is 3.50. The lowest BCUT2D eigenvalue weighted by Crippen LogP contribution is -2.17. The summed E-state index contributed by atoms with van der Waals surface area (Å²) >= 11 is 1.68. The highest BCUT2D eigenvalue weighted by molar-refractivity contribution is 7.16. The van der Waals surface area contributed by atoms with Crippen molar-refractivity contribution in [2.24, 2.45) is 0 Å². The monoisotopic (exact) mass is 205 g/mol. The van der Waals surface area contributed by atoms with Gasteiger partial charge in [0.15, 0.2) is 0 Å². The summed E-state index contributed by atoms with van der Waals surface area (Å²) in [5, 5.41) is 0. The van der Waals surface area contributed by atoms with Crippen LogP contribution < -0.4 is 4.90 Å². The summed E-state index contributed by atoms with van der Waals surface area (Å²) in [5.74, 6) is 0. The maximum atomic E-state index is 7.72. The molecule has 1 atom stereocenters. The maximum absolute atomic E-state index is 7.72. The minimum absolute atomic E-state index is 0.0684. The highest BCUT2D eigenvalue weighted by Gasteiger charge is 2.15. The quantitative estimate of drug-likeness (QED) is 0.711. The first kappa shape index (κ1) is 7.23. The van der Waals surface area contributed by atoms with Gasteiger partial charge in [0.1, 0.15) is 5.52 Å². The third kappa shape index (κ3) is 1.20. The molecule has 0 amide bonds. The van der Waals surface area contributed by atoms with Crippen LogP contribution in [0.1, 0.15) is 14.2 Å². The van der Waals surface area contributed by atoms with Gasteiger partial charge in [-0.25, -0.2) is 4.98 Å². The van der Waals surface area contributed by atoms with Gasteiger partial charge in [-0.15, -0.1) is 11.3 Å². The number of fused-ring (bicyclic) bond motifs is 1. The summed E-state index contributed by atoms with van der Waals surface area (Å²) in [7, 11) is 0. The Bertz CT molecular complexity index is 482. The van der Waals surface area contributed by atoms with Crippen LogP contribution in [0.5, 0.6) is 0 Å². The van der Waals surface area contributed by atoms with Gasteiger partial charge in [-0.3, -0.25) is 0 Å². The van der Waals surface area contributed by atoms with Crippen LogP contribution in [0, 0.1) is 0 Å². The van der Waals surface area contributed by atoms with Crippen molar-refractivity contribution in [2.45, 2.75) is 12.8 Å². The molecule has 2 aromatic rings. The summed E-state index contributed by atoms with van der Waals surface area (Å²) in [6.07, 6.45) is 1.04. The minimum Gasteiger partial charge on any atom is -0.370 e. The average Bonchev–Trinajstić information content (AvgIpc) is 2.84. The van der Waals surface area contributed by atoms with Gasteiger partial charge in [-0.1, -0.05) is 6.07 Å². The second-order valence-corrected chi connectivity index (χ2v) is 4.39. The second kappa shape index (κ2) is 3.24. The molecule has 2 nitrogen and oxygen atoms in total. The average molecular weight is 205 g/mol. The molecule has 1 aliphatic heterocycles. The third-order valence-electron chi connectivity index (χ3n) is 2.63. The van der Waals surface area contributed by atoms with Gasteiger partial charge < -0.3 is 4.90 Å². The van der Waals surface area contributed by atoms with E-state index in [-0.39, 0.29) is 6.40 Å². The van der Waals surface area contributed by atoms with Crippen molar-refractivity contribution >= 4 is 27.2 Å². The number of anilines is 1. The van der Waals surface area contributed by atoms with Gasteiger partial charge in [-0.2, -0.15) is 0 Å². The molecule has 2 heterocycles. The van der Waals surface area contributed by atoms with Gasteiger partial charge in [0.2, 0.25) is 0 Å². The number of rotatable bonds is 1. The predicted molar refractivity (Wildman–Crippen MR) is 61.1 cm³/mol. The van der Waals surface area contributed by atoms with E-state index >= 15 is 0 Å². The predicted octanol–water partition coefficient (Wildman–Crippen LogP) is 2.90.